The molecule has 1 N–H and O–H groups in total. The minimum absolute atomic E-state index is 0.201. The first-order chi connectivity index (χ1) is 10.6. The summed E-state index contributed by atoms with van der Waals surface area (Å²) in [5, 5.41) is 11.6. The third-order valence-electron chi connectivity index (χ3n) is 3.72. The molecule has 0 unspecified atom stereocenters. The molecule has 4 rings (SSSR count). The molecule has 0 atom stereocenters. The third-order valence-corrected chi connectivity index (χ3v) is 3.72. The van der Waals surface area contributed by atoms with E-state index >= 15 is 0 Å². The van der Waals surface area contributed by atoms with Gasteiger partial charge in [-0.15, -0.1) is 0 Å². The Morgan fingerprint density at radius 3 is 2.95 bits per heavy atom. The molecule has 1 aromatic heterocycles. The molecule has 0 fully saturated rings. The van der Waals surface area contributed by atoms with E-state index in [1.165, 1.54) is 12.1 Å². The molecule has 0 aliphatic carbocycles. The highest BCUT2D eigenvalue weighted by atomic mass is 19.1. The van der Waals surface area contributed by atoms with Crippen LogP contribution >= 0.6 is 0 Å². The van der Waals surface area contributed by atoms with Gasteiger partial charge in [0.05, 0.1) is 22.8 Å². The van der Waals surface area contributed by atoms with E-state index in [-0.39, 0.29) is 12.4 Å². The second kappa shape index (κ2) is 4.64. The molecule has 1 aromatic carbocycles. The highest BCUT2D eigenvalue weighted by molar-refractivity contribution is 5.84. The average molecular weight is 296 g/mol. The lowest BCUT2D eigenvalue weighted by molar-refractivity contribution is -0.0374. The van der Waals surface area contributed by atoms with Crippen molar-refractivity contribution in [1.82, 2.24) is 14.6 Å². The number of aliphatic imine (C=N–C) groups is 1. The predicted octanol–water partition coefficient (Wildman–Crippen LogP) is 2.83. The van der Waals surface area contributed by atoms with Crippen LogP contribution in [-0.4, -0.2) is 26.0 Å². The van der Waals surface area contributed by atoms with Crippen molar-refractivity contribution in [3.05, 3.63) is 65.1 Å². The molecule has 22 heavy (non-hydrogen) atoms. The van der Waals surface area contributed by atoms with Gasteiger partial charge in [-0.3, -0.25) is 10.2 Å². The Morgan fingerprint density at radius 1 is 1.32 bits per heavy atom. The lowest BCUT2D eigenvalue weighted by Gasteiger charge is -2.19. The van der Waals surface area contributed by atoms with Crippen LogP contribution in [0.5, 0.6) is 0 Å². The summed E-state index contributed by atoms with van der Waals surface area (Å²) in [5.41, 5.74) is 3.26. The molecule has 3 heterocycles. The average Bonchev–Trinajstić information content (AvgIpc) is 3.08. The Hall–Kier alpha value is -2.73. The van der Waals surface area contributed by atoms with Crippen molar-refractivity contribution in [3.63, 3.8) is 0 Å². The number of aromatic nitrogens is 2. The second-order valence-electron chi connectivity index (χ2n) is 5.26. The van der Waals surface area contributed by atoms with Crippen LogP contribution in [0, 0.1) is 12.7 Å². The first kappa shape index (κ1) is 13.0. The van der Waals surface area contributed by atoms with Crippen LogP contribution in [0.2, 0.25) is 0 Å². The van der Waals surface area contributed by atoms with Crippen LogP contribution in [0.3, 0.4) is 0 Å². The molecule has 2 aromatic rings. The van der Waals surface area contributed by atoms with Crippen LogP contribution in [0.1, 0.15) is 17.1 Å². The van der Waals surface area contributed by atoms with E-state index in [0.717, 1.165) is 16.4 Å². The molecule has 2 aliphatic rings. The lowest BCUT2D eigenvalue weighted by atomic mass is 10.1. The summed E-state index contributed by atoms with van der Waals surface area (Å²) in [6.07, 6.45) is 7.08. The SMILES string of the molecule is Cc1cn2c(n1)CN(O)C(=C1C=CC=N1)c1cc(F)ccc1-2. The van der Waals surface area contributed by atoms with Gasteiger partial charge in [0.25, 0.3) is 0 Å². The standard InChI is InChI=1S/C16H13FN4O/c1-10-8-20-14-5-4-11(17)7-12(14)16(13-3-2-6-18-13)21(22)9-15(20)19-10/h2-8,22H,9H2,1H3. The Balaban J connectivity index is 2.06. The molecule has 0 spiro atoms. The number of nitrogens with zero attached hydrogens (tertiary/aromatic N) is 4. The number of rotatable bonds is 0. The van der Waals surface area contributed by atoms with Gasteiger partial charge in [-0.1, -0.05) is 0 Å². The maximum absolute atomic E-state index is 13.8. The van der Waals surface area contributed by atoms with Gasteiger partial charge in [-0.25, -0.2) is 14.4 Å². The Labute approximate surface area is 126 Å². The molecule has 6 heteroatoms. The normalized spacial score (nSPS) is 19.3. The molecule has 2 aliphatic heterocycles. The first-order valence-electron chi connectivity index (χ1n) is 6.90. The minimum atomic E-state index is -0.364. The fourth-order valence-electron chi connectivity index (χ4n) is 2.84. The predicted molar refractivity (Wildman–Crippen MR) is 80.1 cm³/mol. The maximum Gasteiger partial charge on any atom is 0.135 e. The minimum Gasteiger partial charge on any atom is -0.301 e. The Morgan fingerprint density at radius 2 is 2.18 bits per heavy atom. The van der Waals surface area contributed by atoms with Gasteiger partial charge in [-0.2, -0.15) is 0 Å². The van der Waals surface area contributed by atoms with Crippen molar-refractivity contribution in [2.24, 2.45) is 4.99 Å². The smallest absolute Gasteiger partial charge is 0.135 e. The zero-order valence-corrected chi connectivity index (χ0v) is 11.9. The van der Waals surface area contributed by atoms with Crippen LogP contribution < -0.4 is 0 Å². The van der Waals surface area contributed by atoms with Crippen molar-refractivity contribution in [2.45, 2.75) is 13.5 Å². The summed E-state index contributed by atoms with van der Waals surface area (Å²) in [6, 6.07) is 4.51. The van der Waals surface area contributed by atoms with Gasteiger partial charge in [0.15, 0.2) is 0 Å². The van der Waals surface area contributed by atoms with E-state index in [4.69, 9.17) is 0 Å². The number of hydroxylamine groups is 2. The number of hydrogen-bond donors (Lipinski definition) is 1. The van der Waals surface area contributed by atoms with Crippen LogP contribution in [-0.2, 0) is 6.54 Å². The number of fused-ring (bicyclic) bond motifs is 3. The molecule has 110 valence electrons. The number of hydrogen-bond acceptors (Lipinski definition) is 4. The number of halogens is 1. The van der Waals surface area contributed by atoms with Crippen LogP contribution in [0.4, 0.5) is 4.39 Å². The summed E-state index contributed by atoms with van der Waals surface area (Å²) in [5.74, 6) is 0.325. The molecule has 5 nitrogen and oxygen atoms in total. The fraction of sp³-hybridized carbons (Fsp3) is 0.125. The fourth-order valence-corrected chi connectivity index (χ4v) is 2.84. The van der Waals surface area contributed by atoms with E-state index in [0.29, 0.717) is 22.8 Å². The van der Waals surface area contributed by atoms with Crippen molar-refractivity contribution < 1.29 is 9.60 Å². The van der Waals surface area contributed by atoms with Gasteiger partial charge in [0.2, 0.25) is 0 Å². The highest BCUT2D eigenvalue weighted by Crippen LogP contribution is 2.34. The number of benzene rings is 1. The zero-order chi connectivity index (χ0) is 15.3. The maximum atomic E-state index is 13.8. The topological polar surface area (TPSA) is 53.7 Å². The van der Waals surface area contributed by atoms with Gasteiger partial charge < -0.3 is 4.57 Å². The number of imidazole rings is 1. The molecule has 0 saturated carbocycles. The molecule has 0 radical (unpaired) electrons. The van der Waals surface area contributed by atoms with Gasteiger partial charge in [-0.05, 0) is 37.3 Å². The van der Waals surface area contributed by atoms with Crippen molar-refractivity contribution >= 4 is 11.9 Å². The van der Waals surface area contributed by atoms with Gasteiger partial charge in [0, 0.05) is 18.0 Å². The lowest BCUT2D eigenvalue weighted by Crippen LogP contribution is -2.17. The second-order valence-corrected chi connectivity index (χ2v) is 5.26. The van der Waals surface area contributed by atoms with Crippen LogP contribution in [0.15, 0.2) is 47.2 Å². The van der Waals surface area contributed by atoms with E-state index in [9.17, 15) is 9.60 Å². The summed E-state index contributed by atoms with van der Waals surface area (Å²) in [4.78, 5) is 8.67. The summed E-state index contributed by atoms with van der Waals surface area (Å²) < 4.78 is 15.7. The van der Waals surface area contributed by atoms with Gasteiger partial charge in [0.1, 0.15) is 18.2 Å². The molecule has 0 bridgehead atoms. The van der Waals surface area contributed by atoms with Crippen molar-refractivity contribution in [3.8, 4) is 5.69 Å². The number of aryl methyl sites for hydroxylation is 1. The quantitative estimate of drug-likeness (QED) is 0.813. The third kappa shape index (κ3) is 1.88. The van der Waals surface area contributed by atoms with Crippen molar-refractivity contribution in [2.75, 3.05) is 0 Å². The molecular weight excluding hydrogens is 283 g/mol. The monoisotopic (exact) mass is 296 g/mol. The zero-order valence-electron chi connectivity index (χ0n) is 11.9. The Bertz CT molecular complexity index is 849. The van der Waals surface area contributed by atoms with Gasteiger partial charge >= 0.3 is 0 Å². The number of allylic oxidation sites excluding steroid dienone is 2. The van der Waals surface area contributed by atoms with E-state index in [1.54, 1.807) is 24.4 Å². The van der Waals surface area contributed by atoms with Crippen molar-refractivity contribution in [1.29, 1.82) is 0 Å². The summed E-state index contributed by atoms with van der Waals surface area (Å²) in [6.45, 7) is 2.09. The summed E-state index contributed by atoms with van der Waals surface area (Å²) >= 11 is 0. The Kier molecular flexibility index (Phi) is 2.74. The largest absolute Gasteiger partial charge is 0.301 e. The van der Waals surface area contributed by atoms with E-state index < -0.39 is 0 Å². The summed E-state index contributed by atoms with van der Waals surface area (Å²) in [7, 11) is 0. The van der Waals surface area contributed by atoms with E-state index in [1.807, 2.05) is 17.7 Å². The molecule has 0 amide bonds. The highest BCUT2D eigenvalue weighted by Gasteiger charge is 2.26. The van der Waals surface area contributed by atoms with E-state index in [2.05, 4.69) is 9.98 Å². The van der Waals surface area contributed by atoms with Crippen LogP contribution in [0.25, 0.3) is 11.4 Å². The molecule has 0 saturated heterocycles. The first-order valence-corrected chi connectivity index (χ1v) is 6.90. The molecular formula is C16H13FN4O.